The summed E-state index contributed by atoms with van der Waals surface area (Å²) in [6, 6.07) is 9.23. The first-order chi connectivity index (χ1) is 12.1. The molecule has 2 amide bonds. The van der Waals surface area contributed by atoms with Gasteiger partial charge in [0.05, 0.1) is 18.4 Å². The number of hydrogen-bond acceptors (Lipinski definition) is 6. The molecule has 0 saturated heterocycles. The van der Waals surface area contributed by atoms with Crippen LogP contribution in [0.25, 0.3) is 0 Å². The number of hydrogen-bond donors (Lipinski definition) is 2. The molecule has 0 saturated carbocycles. The minimum absolute atomic E-state index is 0.183. The maximum Gasteiger partial charge on any atom is 0.338 e. The van der Waals surface area contributed by atoms with Crippen molar-refractivity contribution in [1.29, 1.82) is 0 Å². The summed E-state index contributed by atoms with van der Waals surface area (Å²) in [4.78, 5) is 35.1. The predicted molar refractivity (Wildman–Crippen MR) is 88.3 cm³/mol. The second kappa shape index (κ2) is 9.24. The number of carbonyl (C=O) groups excluding carboxylic acids is 3. The number of furan rings is 1. The molecule has 8 heteroatoms. The van der Waals surface area contributed by atoms with Gasteiger partial charge in [0.15, 0.2) is 12.4 Å². The number of anilines is 1. The lowest BCUT2D eigenvalue weighted by atomic mass is 10.2. The van der Waals surface area contributed by atoms with Gasteiger partial charge in [-0.1, -0.05) is 0 Å². The van der Waals surface area contributed by atoms with Crippen molar-refractivity contribution in [1.82, 2.24) is 5.32 Å². The first-order valence-corrected chi connectivity index (χ1v) is 7.48. The quantitative estimate of drug-likeness (QED) is 0.553. The van der Waals surface area contributed by atoms with E-state index in [4.69, 9.17) is 13.9 Å². The van der Waals surface area contributed by atoms with E-state index in [-0.39, 0.29) is 17.9 Å². The number of rotatable bonds is 8. The zero-order chi connectivity index (χ0) is 18.1. The first kappa shape index (κ1) is 18.2. The smallest absolute Gasteiger partial charge is 0.338 e. The lowest BCUT2D eigenvalue weighted by molar-refractivity contribution is -0.124. The maximum atomic E-state index is 11.9. The molecule has 2 aromatic rings. The summed E-state index contributed by atoms with van der Waals surface area (Å²) in [7, 11) is 1.52. The highest BCUT2D eigenvalue weighted by molar-refractivity contribution is 6.02. The molecule has 0 aliphatic rings. The molecule has 0 fully saturated rings. The fourth-order valence-corrected chi connectivity index (χ4v) is 1.85. The molecule has 0 spiro atoms. The molecular formula is C17H18N2O6. The first-order valence-electron chi connectivity index (χ1n) is 7.48. The Balaban J connectivity index is 1.81. The summed E-state index contributed by atoms with van der Waals surface area (Å²) in [5, 5.41) is 5.17. The minimum atomic E-state index is -0.634. The summed E-state index contributed by atoms with van der Waals surface area (Å²) >= 11 is 0. The minimum Gasteiger partial charge on any atom is -0.459 e. The highest BCUT2D eigenvalue weighted by Crippen LogP contribution is 2.12. The Morgan fingerprint density at radius 3 is 2.52 bits per heavy atom. The van der Waals surface area contributed by atoms with E-state index in [9.17, 15) is 14.4 Å². The van der Waals surface area contributed by atoms with Crippen LogP contribution in [0.5, 0.6) is 0 Å². The van der Waals surface area contributed by atoms with Crippen LogP contribution in [0.2, 0.25) is 0 Å². The van der Waals surface area contributed by atoms with Crippen molar-refractivity contribution in [2.24, 2.45) is 0 Å². The molecule has 132 valence electrons. The van der Waals surface area contributed by atoms with E-state index < -0.39 is 17.8 Å². The van der Waals surface area contributed by atoms with Gasteiger partial charge in [-0.3, -0.25) is 9.59 Å². The Morgan fingerprint density at radius 1 is 1.12 bits per heavy atom. The number of benzene rings is 1. The fourth-order valence-electron chi connectivity index (χ4n) is 1.85. The molecule has 0 aliphatic carbocycles. The van der Waals surface area contributed by atoms with Crippen LogP contribution in [-0.4, -0.2) is 44.7 Å². The van der Waals surface area contributed by atoms with E-state index >= 15 is 0 Å². The number of methoxy groups -OCH3 is 1. The molecule has 1 aromatic heterocycles. The van der Waals surface area contributed by atoms with Crippen LogP contribution in [0.1, 0.15) is 20.9 Å². The molecule has 2 rings (SSSR count). The Hall–Kier alpha value is -3.13. The van der Waals surface area contributed by atoms with Crippen molar-refractivity contribution in [3.8, 4) is 0 Å². The van der Waals surface area contributed by atoms with E-state index in [1.54, 1.807) is 24.3 Å². The molecule has 8 nitrogen and oxygen atoms in total. The number of ether oxygens (including phenoxy) is 2. The van der Waals surface area contributed by atoms with Gasteiger partial charge in [0, 0.05) is 19.3 Å². The standard InChI is InChI=1S/C17H18N2O6/c1-23-10-8-18-15(20)11-25-17(22)12-4-6-13(7-5-12)19-16(21)14-3-2-9-24-14/h2-7,9H,8,10-11H2,1H3,(H,18,20)(H,19,21). The van der Waals surface area contributed by atoms with Gasteiger partial charge in [-0.2, -0.15) is 0 Å². The number of carbonyl (C=O) groups is 3. The Morgan fingerprint density at radius 2 is 1.88 bits per heavy atom. The maximum absolute atomic E-state index is 11.9. The molecule has 0 radical (unpaired) electrons. The largest absolute Gasteiger partial charge is 0.459 e. The summed E-state index contributed by atoms with van der Waals surface area (Å²) in [6.07, 6.45) is 1.40. The zero-order valence-electron chi connectivity index (χ0n) is 13.6. The Kier molecular flexibility index (Phi) is 6.73. The van der Waals surface area contributed by atoms with Gasteiger partial charge >= 0.3 is 5.97 Å². The molecule has 0 atom stereocenters. The highest BCUT2D eigenvalue weighted by atomic mass is 16.5. The van der Waals surface area contributed by atoms with Gasteiger partial charge in [-0.15, -0.1) is 0 Å². The monoisotopic (exact) mass is 346 g/mol. The van der Waals surface area contributed by atoms with Crippen LogP contribution in [0, 0.1) is 0 Å². The second-order valence-electron chi connectivity index (χ2n) is 4.93. The van der Waals surface area contributed by atoms with E-state index in [1.807, 2.05) is 0 Å². The van der Waals surface area contributed by atoms with Gasteiger partial charge in [-0.05, 0) is 36.4 Å². The summed E-state index contributed by atoms with van der Waals surface area (Å²) in [6.45, 7) is 0.349. The lowest BCUT2D eigenvalue weighted by Gasteiger charge is -2.07. The fraction of sp³-hybridized carbons (Fsp3) is 0.235. The van der Waals surface area contributed by atoms with Gasteiger partial charge in [-0.25, -0.2) is 4.79 Å². The van der Waals surface area contributed by atoms with E-state index in [2.05, 4.69) is 10.6 Å². The van der Waals surface area contributed by atoms with E-state index in [1.165, 1.54) is 25.5 Å². The molecule has 2 N–H and O–H groups in total. The number of nitrogens with one attached hydrogen (secondary N) is 2. The van der Waals surface area contributed by atoms with Crippen molar-refractivity contribution < 1.29 is 28.3 Å². The summed E-state index contributed by atoms with van der Waals surface area (Å²) < 4.78 is 14.7. The van der Waals surface area contributed by atoms with Crippen molar-refractivity contribution in [3.05, 3.63) is 54.0 Å². The lowest BCUT2D eigenvalue weighted by Crippen LogP contribution is -2.31. The summed E-state index contributed by atoms with van der Waals surface area (Å²) in [5.74, 6) is -1.26. The Bertz CT molecular complexity index is 709. The van der Waals surface area contributed by atoms with Gasteiger partial charge in [0.2, 0.25) is 0 Å². The third-order valence-electron chi connectivity index (χ3n) is 3.09. The van der Waals surface area contributed by atoms with Crippen LogP contribution in [0.3, 0.4) is 0 Å². The average Bonchev–Trinajstić information content (AvgIpc) is 3.15. The molecule has 25 heavy (non-hydrogen) atoms. The van der Waals surface area contributed by atoms with Crippen molar-refractivity contribution in [3.63, 3.8) is 0 Å². The third-order valence-corrected chi connectivity index (χ3v) is 3.09. The second-order valence-corrected chi connectivity index (χ2v) is 4.93. The van der Waals surface area contributed by atoms with Crippen molar-refractivity contribution >= 4 is 23.5 Å². The number of amides is 2. The van der Waals surface area contributed by atoms with E-state index in [0.29, 0.717) is 18.8 Å². The molecule has 1 aromatic carbocycles. The molecular weight excluding hydrogens is 328 g/mol. The number of esters is 1. The molecule has 0 aliphatic heterocycles. The van der Waals surface area contributed by atoms with Gasteiger partial charge in [0.25, 0.3) is 11.8 Å². The zero-order valence-corrected chi connectivity index (χ0v) is 13.6. The normalized spacial score (nSPS) is 10.1. The average molecular weight is 346 g/mol. The van der Waals surface area contributed by atoms with Crippen LogP contribution < -0.4 is 10.6 Å². The third kappa shape index (κ3) is 5.78. The topological polar surface area (TPSA) is 107 Å². The predicted octanol–water partition coefficient (Wildman–Crippen LogP) is 1.45. The molecule has 0 unspecified atom stereocenters. The van der Waals surface area contributed by atoms with Crippen LogP contribution in [0.4, 0.5) is 5.69 Å². The van der Waals surface area contributed by atoms with Crippen LogP contribution >= 0.6 is 0 Å². The highest BCUT2D eigenvalue weighted by Gasteiger charge is 2.12. The SMILES string of the molecule is COCCNC(=O)COC(=O)c1ccc(NC(=O)c2ccco2)cc1. The van der Waals surface area contributed by atoms with Crippen molar-refractivity contribution in [2.75, 3.05) is 32.2 Å². The van der Waals surface area contributed by atoms with Gasteiger partial charge in [0.1, 0.15) is 0 Å². The summed E-state index contributed by atoms with van der Waals surface area (Å²) in [5.41, 5.74) is 0.760. The van der Waals surface area contributed by atoms with Crippen LogP contribution in [0.15, 0.2) is 47.1 Å². The van der Waals surface area contributed by atoms with Gasteiger partial charge < -0.3 is 24.5 Å². The van der Waals surface area contributed by atoms with Crippen molar-refractivity contribution in [2.45, 2.75) is 0 Å². The van der Waals surface area contributed by atoms with Crippen LogP contribution in [-0.2, 0) is 14.3 Å². The molecule has 0 bridgehead atoms. The Labute approximate surface area is 144 Å². The van der Waals surface area contributed by atoms with E-state index in [0.717, 1.165) is 0 Å². The molecule has 1 heterocycles.